The molecule has 5 aromatic carbocycles. The molecule has 0 radical (unpaired) electrons. The molecule has 0 atom stereocenters. The average Bonchev–Trinajstić information content (AvgIpc) is 3.46. The summed E-state index contributed by atoms with van der Waals surface area (Å²) >= 11 is 0. The number of hydrogen-bond acceptors (Lipinski definition) is 1. The number of aromatic nitrogens is 1. The van der Waals surface area contributed by atoms with Crippen LogP contribution in [0.25, 0.3) is 66.0 Å². The lowest BCUT2D eigenvalue weighted by Crippen LogP contribution is -2.37. The van der Waals surface area contributed by atoms with Gasteiger partial charge in [0.15, 0.2) is 0 Å². The van der Waals surface area contributed by atoms with Crippen LogP contribution in [0.2, 0.25) is 19.6 Å². The van der Waals surface area contributed by atoms with Crippen molar-refractivity contribution in [2.24, 2.45) is 0 Å². The van der Waals surface area contributed by atoms with E-state index in [0.717, 1.165) is 22.2 Å². The highest BCUT2D eigenvalue weighted by Crippen LogP contribution is 2.41. The van der Waals surface area contributed by atoms with Crippen LogP contribution in [0.4, 0.5) is 0 Å². The number of H-pyrrole nitrogens is 1. The molecule has 0 fully saturated rings. The molecule has 0 bridgehead atoms. The maximum Gasteiger partial charge on any atom is 0.143 e. The topological polar surface area (TPSA) is 28.9 Å². The molecule has 0 aliphatic carbocycles. The van der Waals surface area contributed by atoms with E-state index in [4.69, 9.17) is 4.42 Å². The van der Waals surface area contributed by atoms with Crippen LogP contribution >= 0.6 is 0 Å². The first-order chi connectivity index (χ1) is 17.5. The average molecular weight is 482 g/mol. The number of aromatic amines is 1. The molecule has 0 saturated carbocycles. The number of fused-ring (bicyclic) bond motifs is 6. The van der Waals surface area contributed by atoms with Crippen molar-refractivity contribution >= 4 is 57.0 Å². The molecule has 0 aliphatic rings. The Kier molecular flexibility index (Phi) is 4.54. The Bertz CT molecular complexity index is 1920. The van der Waals surface area contributed by atoms with Gasteiger partial charge in [0.1, 0.15) is 11.2 Å². The highest BCUT2D eigenvalue weighted by Gasteiger charge is 2.23. The molecule has 0 unspecified atom stereocenters. The van der Waals surface area contributed by atoms with Gasteiger partial charge in [-0.3, -0.25) is 0 Å². The van der Waals surface area contributed by atoms with Crippen LogP contribution in [-0.4, -0.2) is 13.1 Å². The number of nitrogens with one attached hydrogen (secondary N) is 1. The van der Waals surface area contributed by atoms with Gasteiger partial charge in [0.25, 0.3) is 0 Å². The molecular formula is C33H27NOSi. The Morgan fingerprint density at radius 3 is 2.06 bits per heavy atom. The van der Waals surface area contributed by atoms with Gasteiger partial charge in [0.2, 0.25) is 0 Å². The minimum Gasteiger partial charge on any atom is -0.456 e. The van der Waals surface area contributed by atoms with Crippen molar-refractivity contribution in [3.8, 4) is 22.3 Å². The first-order valence-electron chi connectivity index (χ1n) is 12.5. The molecule has 0 saturated heterocycles. The Balaban J connectivity index is 1.58. The predicted octanol–water partition coefficient (Wildman–Crippen LogP) is 9.10. The van der Waals surface area contributed by atoms with Crippen LogP contribution in [0.1, 0.15) is 0 Å². The standard InChI is InChI=1S/C33H27NOSi/c1-36(2,3)30-18-10-16-26-25-15-9-14-23(32(25)35-33(26)30)22-19-27(21-11-5-4-6-12-21)31-28(20-22)24-13-7-8-17-29(24)34-31/h4-20,34H,1-3H3. The Morgan fingerprint density at radius 1 is 0.556 bits per heavy atom. The molecule has 174 valence electrons. The van der Waals surface area contributed by atoms with Crippen molar-refractivity contribution < 1.29 is 4.42 Å². The summed E-state index contributed by atoms with van der Waals surface area (Å²) in [4.78, 5) is 3.69. The fourth-order valence-corrected chi connectivity index (χ4v) is 7.05. The fourth-order valence-electron chi connectivity index (χ4n) is 5.59. The van der Waals surface area contributed by atoms with Crippen LogP contribution < -0.4 is 5.19 Å². The summed E-state index contributed by atoms with van der Waals surface area (Å²) in [6.07, 6.45) is 0. The molecule has 3 heteroatoms. The van der Waals surface area contributed by atoms with E-state index < -0.39 is 8.07 Å². The SMILES string of the molecule is C[Si](C)(C)c1cccc2c1oc1c(-c3cc(-c4ccccc4)c4[nH]c5ccccc5c4c3)cccc12. The Morgan fingerprint density at radius 2 is 1.25 bits per heavy atom. The van der Waals surface area contributed by atoms with Crippen molar-refractivity contribution in [2.45, 2.75) is 19.6 Å². The third-order valence-corrected chi connectivity index (χ3v) is 9.35. The summed E-state index contributed by atoms with van der Waals surface area (Å²) < 4.78 is 6.75. The zero-order chi connectivity index (χ0) is 24.4. The summed E-state index contributed by atoms with van der Waals surface area (Å²) in [5.74, 6) is 0. The number of furan rings is 1. The van der Waals surface area contributed by atoms with Gasteiger partial charge in [-0.15, -0.1) is 0 Å². The van der Waals surface area contributed by atoms with Gasteiger partial charge < -0.3 is 9.40 Å². The van der Waals surface area contributed by atoms with Gasteiger partial charge in [0, 0.05) is 38.2 Å². The molecule has 2 aromatic heterocycles. The summed E-state index contributed by atoms with van der Waals surface area (Å²) in [7, 11) is -1.57. The number of hydrogen-bond donors (Lipinski definition) is 1. The quantitative estimate of drug-likeness (QED) is 0.250. The second-order valence-corrected chi connectivity index (χ2v) is 15.7. The molecule has 1 N–H and O–H groups in total. The molecule has 7 rings (SSSR count). The highest BCUT2D eigenvalue weighted by atomic mass is 28.3. The van der Waals surface area contributed by atoms with E-state index in [-0.39, 0.29) is 0 Å². The van der Waals surface area contributed by atoms with Gasteiger partial charge in [0.05, 0.1) is 13.6 Å². The summed E-state index contributed by atoms with van der Waals surface area (Å²) in [6.45, 7) is 7.15. The third-order valence-electron chi connectivity index (χ3n) is 7.34. The molecular weight excluding hydrogens is 454 g/mol. The smallest absolute Gasteiger partial charge is 0.143 e. The molecule has 0 spiro atoms. The van der Waals surface area contributed by atoms with Crippen molar-refractivity contribution in [3.63, 3.8) is 0 Å². The van der Waals surface area contributed by atoms with E-state index in [9.17, 15) is 0 Å². The molecule has 0 aliphatic heterocycles. The van der Waals surface area contributed by atoms with Gasteiger partial charge in [-0.05, 0) is 34.5 Å². The van der Waals surface area contributed by atoms with Crippen LogP contribution in [0, 0.1) is 0 Å². The first kappa shape index (κ1) is 21.2. The van der Waals surface area contributed by atoms with Crippen LogP contribution in [0.3, 0.4) is 0 Å². The lowest BCUT2D eigenvalue weighted by atomic mass is 9.94. The van der Waals surface area contributed by atoms with E-state index in [1.54, 1.807) is 0 Å². The summed E-state index contributed by atoms with van der Waals surface area (Å²) in [5, 5.41) is 6.24. The first-order valence-corrected chi connectivity index (χ1v) is 16.0. The van der Waals surface area contributed by atoms with Crippen LogP contribution in [-0.2, 0) is 0 Å². The van der Waals surface area contributed by atoms with Crippen molar-refractivity contribution in [2.75, 3.05) is 0 Å². The largest absolute Gasteiger partial charge is 0.456 e. The molecule has 2 heterocycles. The fraction of sp³-hybridized carbons (Fsp3) is 0.0909. The van der Waals surface area contributed by atoms with Gasteiger partial charge in [-0.25, -0.2) is 0 Å². The van der Waals surface area contributed by atoms with Crippen molar-refractivity contribution in [1.82, 2.24) is 4.98 Å². The van der Waals surface area contributed by atoms with E-state index in [0.29, 0.717) is 0 Å². The number of para-hydroxylation sites is 3. The summed E-state index contributed by atoms with van der Waals surface area (Å²) in [6, 6.07) is 37.0. The minimum absolute atomic E-state index is 0.969. The van der Waals surface area contributed by atoms with Crippen molar-refractivity contribution in [3.05, 3.63) is 103 Å². The summed E-state index contributed by atoms with van der Waals surface area (Å²) in [5.41, 5.74) is 9.06. The zero-order valence-electron chi connectivity index (χ0n) is 20.7. The Labute approximate surface area is 211 Å². The molecule has 7 aromatic rings. The second kappa shape index (κ2) is 7.71. The maximum absolute atomic E-state index is 6.75. The highest BCUT2D eigenvalue weighted by molar-refractivity contribution is 6.90. The van der Waals surface area contributed by atoms with Crippen molar-refractivity contribution in [1.29, 1.82) is 0 Å². The van der Waals surface area contributed by atoms with Crippen LogP contribution in [0.5, 0.6) is 0 Å². The lowest BCUT2D eigenvalue weighted by Gasteiger charge is -2.16. The monoisotopic (exact) mass is 481 g/mol. The number of rotatable bonds is 3. The van der Waals surface area contributed by atoms with E-state index in [2.05, 4.69) is 128 Å². The predicted molar refractivity (Wildman–Crippen MR) is 157 cm³/mol. The maximum atomic E-state index is 6.75. The second-order valence-electron chi connectivity index (χ2n) is 10.7. The molecule has 36 heavy (non-hydrogen) atoms. The third kappa shape index (κ3) is 3.16. The minimum atomic E-state index is -1.57. The van der Waals surface area contributed by atoms with Crippen LogP contribution in [0.15, 0.2) is 108 Å². The molecule has 0 amide bonds. The van der Waals surface area contributed by atoms with E-state index >= 15 is 0 Å². The Hall–Kier alpha value is -4.08. The lowest BCUT2D eigenvalue weighted by molar-refractivity contribution is 0.672. The van der Waals surface area contributed by atoms with E-state index in [1.165, 1.54) is 48.9 Å². The van der Waals surface area contributed by atoms with Gasteiger partial charge in [-0.2, -0.15) is 0 Å². The zero-order valence-corrected chi connectivity index (χ0v) is 21.7. The van der Waals surface area contributed by atoms with E-state index in [1.807, 2.05) is 0 Å². The van der Waals surface area contributed by atoms with Gasteiger partial charge in [-0.1, -0.05) is 105 Å². The van der Waals surface area contributed by atoms with Gasteiger partial charge >= 0.3 is 0 Å². The normalized spacial score (nSPS) is 12.3. The molecule has 2 nitrogen and oxygen atoms in total. The number of benzene rings is 5.